The van der Waals surface area contributed by atoms with Crippen LogP contribution in [-0.2, 0) is 0 Å². The Kier molecular flexibility index (Phi) is 1.12. The highest BCUT2D eigenvalue weighted by Gasteiger charge is 1.99. The first kappa shape index (κ1) is 5.03. The van der Waals surface area contributed by atoms with Gasteiger partial charge < -0.3 is 14.3 Å². The van der Waals surface area contributed by atoms with Crippen molar-refractivity contribution in [3.05, 3.63) is 12.5 Å². The fourth-order valence-electron chi connectivity index (χ4n) is 0.431. The highest BCUT2D eigenvalue weighted by atomic mass is 16.5. The topological polar surface area (TPSA) is 42.6 Å². The van der Waals surface area contributed by atoms with E-state index >= 15 is 0 Å². The highest BCUT2D eigenvalue weighted by Crippen LogP contribution is 2.24. The summed E-state index contributed by atoms with van der Waals surface area (Å²) in [7, 11) is 1.46. The van der Waals surface area contributed by atoms with E-state index in [4.69, 9.17) is 5.11 Å². The van der Waals surface area contributed by atoms with E-state index in [0.717, 1.165) is 0 Å². The molecule has 0 amide bonds. The zero-order valence-electron chi connectivity index (χ0n) is 4.42. The van der Waals surface area contributed by atoms with Crippen molar-refractivity contribution >= 4 is 0 Å². The van der Waals surface area contributed by atoms with Crippen LogP contribution in [0, 0.1) is 0 Å². The van der Waals surface area contributed by atoms with E-state index in [9.17, 15) is 0 Å². The summed E-state index contributed by atoms with van der Waals surface area (Å²) in [6, 6.07) is 0. The van der Waals surface area contributed by atoms with Crippen LogP contribution in [0.15, 0.2) is 16.9 Å². The zero-order valence-corrected chi connectivity index (χ0v) is 4.42. The lowest BCUT2D eigenvalue weighted by molar-refractivity contribution is 0.376. The molecular weight excluding hydrogens is 108 g/mol. The Bertz CT molecular complexity index is 168. The first-order valence-electron chi connectivity index (χ1n) is 2.13. The van der Waals surface area contributed by atoms with Crippen LogP contribution in [0.1, 0.15) is 0 Å². The van der Waals surface area contributed by atoms with Gasteiger partial charge >= 0.3 is 0 Å². The summed E-state index contributed by atoms with van der Waals surface area (Å²) in [4.78, 5) is 0. The Balaban J connectivity index is 2.92. The molecule has 1 heterocycles. The molecule has 3 nitrogen and oxygen atoms in total. The van der Waals surface area contributed by atoms with E-state index in [1.54, 1.807) is 0 Å². The number of hydrogen-bond donors (Lipinski definition) is 1. The summed E-state index contributed by atoms with van der Waals surface area (Å²) in [6.07, 6.45) is 2.54. The molecule has 0 aliphatic rings. The summed E-state index contributed by atoms with van der Waals surface area (Å²) in [6.45, 7) is 0. The van der Waals surface area contributed by atoms with Gasteiger partial charge in [-0.05, 0) is 0 Å². The van der Waals surface area contributed by atoms with Crippen molar-refractivity contribution in [1.29, 1.82) is 0 Å². The summed E-state index contributed by atoms with van der Waals surface area (Å²) >= 11 is 0. The Morgan fingerprint density at radius 2 is 2.38 bits per heavy atom. The quantitative estimate of drug-likeness (QED) is 0.592. The molecule has 0 aromatic carbocycles. The summed E-state index contributed by atoms with van der Waals surface area (Å²) in [5.74, 6) is 0.400. The van der Waals surface area contributed by atoms with Gasteiger partial charge in [0.15, 0.2) is 11.5 Å². The maximum atomic E-state index is 8.73. The predicted molar refractivity (Wildman–Crippen MR) is 26.9 cm³/mol. The van der Waals surface area contributed by atoms with Gasteiger partial charge in [-0.2, -0.15) is 0 Å². The van der Waals surface area contributed by atoms with Crippen molar-refractivity contribution in [2.45, 2.75) is 0 Å². The monoisotopic (exact) mass is 114 g/mol. The third kappa shape index (κ3) is 0.621. The van der Waals surface area contributed by atoms with Crippen molar-refractivity contribution < 1.29 is 14.3 Å². The molecule has 1 rings (SSSR count). The molecule has 0 saturated carbocycles. The summed E-state index contributed by atoms with van der Waals surface area (Å²) in [5.41, 5.74) is 0. The number of aromatic hydroxyl groups is 1. The second-order valence-corrected chi connectivity index (χ2v) is 1.33. The van der Waals surface area contributed by atoms with E-state index in [1.807, 2.05) is 0 Å². The van der Waals surface area contributed by atoms with Crippen LogP contribution in [0.4, 0.5) is 0 Å². The molecule has 1 aromatic heterocycles. The van der Waals surface area contributed by atoms with Crippen molar-refractivity contribution in [3.63, 3.8) is 0 Å². The molecule has 1 aromatic rings. The van der Waals surface area contributed by atoms with Gasteiger partial charge in [-0.15, -0.1) is 0 Å². The fourth-order valence-corrected chi connectivity index (χ4v) is 0.431. The molecule has 0 saturated heterocycles. The second-order valence-electron chi connectivity index (χ2n) is 1.33. The fraction of sp³-hybridized carbons (Fsp3) is 0.200. The third-order valence-electron chi connectivity index (χ3n) is 0.827. The predicted octanol–water partition coefficient (Wildman–Crippen LogP) is 0.994. The smallest absolute Gasteiger partial charge is 0.199 e. The van der Waals surface area contributed by atoms with Gasteiger partial charge in [0.25, 0.3) is 0 Å². The molecule has 0 bridgehead atoms. The molecular formula is C5H6O3. The number of ether oxygens (including phenoxy) is 1. The molecule has 0 radical (unpaired) electrons. The highest BCUT2D eigenvalue weighted by molar-refractivity contribution is 5.32. The molecule has 0 aliphatic heterocycles. The Labute approximate surface area is 46.5 Å². The third-order valence-corrected chi connectivity index (χ3v) is 0.827. The van der Waals surface area contributed by atoms with E-state index in [2.05, 4.69) is 9.15 Å². The van der Waals surface area contributed by atoms with Gasteiger partial charge in [0.05, 0.1) is 7.11 Å². The maximum absolute atomic E-state index is 8.73. The lowest BCUT2D eigenvalue weighted by Crippen LogP contribution is -1.76. The van der Waals surface area contributed by atoms with Gasteiger partial charge in [-0.3, -0.25) is 0 Å². The van der Waals surface area contributed by atoms with Crippen LogP contribution < -0.4 is 4.74 Å². The van der Waals surface area contributed by atoms with Crippen LogP contribution >= 0.6 is 0 Å². The van der Waals surface area contributed by atoms with E-state index in [1.165, 1.54) is 19.6 Å². The normalized spacial score (nSPS) is 9.12. The van der Waals surface area contributed by atoms with Crippen molar-refractivity contribution in [2.75, 3.05) is 7.11 Å². The van der Waals surface area contributed by atoms with Crippen molar-refractivity contribution in [3.8, 4) is 11.5 Å². The first-order chi connectivity index (χ1) is 3.84. The van der Waals surface area contributed by atoms with E-state index in [-0.39, 0.29) is 5.75 Å². The average molecular weight is 114 g/mol. The Morgan fingerprint density at radius 3 is 2.62 bits per heavy atom. The van der Waals surface area contributed by atoms with E-state index in [0.29, 0.717) is 5.75 Å². The van der Waals surface area contributed by atoms with Gasteiger partial charge in [0.2, 0.25) is 0 Å². The van der Waals surface area contributed by atoms with Crippen molar-refractivity contribution in [1.82, 2.24) is 0 Å². The molecule has 0 spiro atoms. The largest absolute Gasteiger partial charge is 0.502 e. The molecule has 1 N–H and O–H groups in total. The Morgan fingerprint density at radius 1 is 1.62 bits per heavy atom. The van der Waals surface area contributed by atoms with Crippen LogP contribution in [0.5, 0.6) is 11.5 Å². The van der Waals surface area contributed by atoms with Gasteiger partial charge in [0, 0.05) is 0 Å². The summed E-state index contributed by atoms with van der Waals surface area (Å²) < 4.78 is 9.20. The standard InChI is InChI=1S/C5H6O3/c1-7-5-3-8-2-4(5)6/h2-3,6H,1H3. The number of methoxy groups -OCH3 is 1. The lowest BCUT2D eigenvalue weighted by atomic mass is 10.5. The van der Waals surface area contributed by atoms with Crippen molar-refractivity contribution in [2.24, 2.45) is 0 Å². The van der Waals surface area contributed by atoms with Gasteiger partial charge in [-0.1, -0.05) is 0 Å². The molecule has 0 atom stereocenters. The van der Waals surface area contributed by atoms with Crippen LogP contribution in [0.3, 0.4) is 0 Å². The first-order valence-corrected chi connectivity index (χ1v) is 2.13. The van der Waals surface area contributed by atoms with E-state index < -0.39 is 0 Å². The minimum absolute atomic E-state index is 0.0347. The van der Waals surface area contributed by atoms with Crippen LogP contribution in [0.25, 0.3) is 0 Å². The van der Waals surface area contributed by atoms with Crippen LogP contribution in [-0.4, -0.2) is 12.2 Å². The summed E-state index contributed by atoms with van der Waals surface area (Å²) in [5, 5.41) is 8.73. The Hall–Kier alpha value is -1.12. The number of rotatable bonds is 1. The minimum atomic E-state index is 0.0347. The molecule has 8 heavy (non-hydrogen) atoms. The average Bonchev–Trinajstić information content (AvgIpc) is 2.14. The SMILES string of the molecule is COc1cocc1O. The number of furan rings is 1. The van der Waals surface area contributed by atoms with Gasteiger partial charge in [-0.25, -0.2) is 0 Å². The molecule has 44 valence electrons. The molecule has 0 unspecified atom stereocenters. The maximum Gasteiger partial charge on any atom is 0.199 e. The molecule has 3 heteroatoms. The van der Waals surface area contributed by atoms with Gasteiger partial charge in [0.1, 0.15) is 12.5 Å². The zero-order chi connectivity index (χ0) is 5.98. The minimum Gasteiger partial charge on any atom is -0.502 e. The second kappa shape index (κ2) is 1.78. The molecule has 0 aliphatic carbocycles. The number of hydrogen-bond acceptors (Lipinski definition) is 3. The lowest BCUT2D eigenvalue weighted by Gasteiger charge is -1.89. The molecule has 0 fully saturated rings. The van der Waals surface area contributed by atoms with Crippen LogP contribution in [0.2, 0.25) is 0 Å².